The first kappa shape index (κ1) is 15.7. The molecule has 0 saturated heterocycles. The van der Waals surface area contributed by atoms with Crippen LogP contribution in [-0.4, -0.2) is 41.7 Å². The molecule has 1 unspecified atom stereocenters. The van der Waals surface area contributed by atoms with Gasteiger partial charge in [-0.05, 0) is 26.2 Å². The van der Waals surface area contributed by atoms with Crippen molar-refractivity contribution in [1.29, 1.82) is 0 Å². The minimum atomic E-state index is -3.94. The second-order valence-electron chi connectivity index (χ2n) is 4.83. The summed E-state index contributed by atoms with van der Waals surface area (Å²) in [5.74, 6) is -0.300. The van der Waals surface area contributed by atoms with Gasteiger partial charge in [0.2, 0.25) is 0 Å². The van der Waals surface area contributed by atoms with Gasteiger partial charge in [0.1, 0.15) is 0 Å². The molecule has 108 valence electrons. The van der Waals surface area contributed by atoms with E-state index in [0.717, 1.165) is 0 Å². The number of hydrogen-bond donors (Lipinski definition) is 2. The standard InChI is InChI=1S/C12H20N2O4S/c1-12(7-3-2-4-8-12)14(11(13)15)9-5-6-10-19(16,17)18/h2-4,7H,5-6,8-10H2,1H3,(H2,13,15)(H,16,17,18). The Kier molecular flexibility index (Phi) is 5.13. The van der Waals surface area contributed by atoms with E-state index in [-0.39, 0.29) is 12.2 Å². The second kappa shape index (κ2) is 6.21. The molecule has 6 nitrogen and oxygen atoms in total. The van der Waals surface area contributed by atoms with Crippen molar-refractivity contribution in [2.45, 2.75) is 31.7 Å². The molecule has 0 aliphatic heterocycles. The van der Waals surface area contributed by atoms with Crippen LogP contribution in [0.3, 0.4) is 0 Å². The number of urea groups is 1. The number of rotatable bonds is 6. The first-order valence-corrected chi connectivity index (χ1v) is 7.72. The summed E-state index contributed by atoms with van der Waals surface area (Å²) in [7, 11) is -3.94. The lowest BCUT2D eigenvalue weighted by molar-refractivity contribution is 0.157. The Hall–Kier alpha value is -1.34. The normalized spacial score (nSPS) is 22.4. The van der Waals surface area contributed by atoms with Crippen LogP contribution in [0.5, 0.6) is 0 Å². The number of unbranched alkanes of at least 4 members (excludes halogenated alkanes) is 1. The van der Waals surface area contributed by atoms with Crippen LogP contribution >= 0.6 is 0 Å². The number of hydrogen-bond acceptors (Lipinski definition) is 3. The molecule has 1 atom stereocenters. The molecule has 19 heavy (non-hydrogen) atoms. The predicted molar refractivity (Wildman–Crippen MR) is 73.2 cm³/mol. The summed E-state index contributed by atoms with van der Waals surface area (Å²) in [4.78, 5) is 13.0. The third-order valence-corrected chi connectivity index (χ3v) is 3.95. The van der Waals surface area contributed by atoms with E-state index in [9.17, 15) is 13.2 Å². The number of carbonyl (C=O) groups is 1. The molecule has 0 bridgehead atoms. The molecule has 7 heteroatoms. The molecule has 0 heterocycles. The van der Waals surface area contributed by atoms with E-state index in [0.29, 0.717) is 19.4 Å². The molecule has 0 spiro atoms. The first-order chi connectivity index (χ1) is 8.75. The van der Waals surface area contributed by atoms with E-state index >= 15 is 0 Å². The lowest BCUT2D eigenvalue weighted by Gasteiger charge is -2.38. The molecule has 0 fully saturated rings. The molecule has 0 aromatic carbocycles. The number of carbonyl (C=O) groups excluding carboxylic acids is 1. The van der Waals surface area contributed by atoms with E-state index in [1.165, 1.54) is 4.90 Å². The molecule has 1 rings (SSSR count). The topological polar surface area (TPSA) is 101 Å². The summed E-state index contributed by atoms with van der Waals surface area (Å²) in [6.45, 7) is 2.26. The Morgan fingerprint density at radius 3 is 2.58 bits per heavy atom. The van der Waals surface area contributed by atoms with Crippen LogP contribution in [-0.2, 0) is 10.1 Å². The van der Waals surface area contributed by atoms with Gasteiger partial charge in [0, 0.05) is 6.54 Å². The van der Waals surface area contributed by atoms with Gasteiger partial charge in [-0.3, -0.25) is 4.55 Å². The molecule has 0 saturated carbocycles. The van der Waals surface area contributed by atoms with Crippen LogP contribution in [0.15, 0.2) is 24.3 Å². The van der Waals surface area contributed by atoms with Crippen LogP contribution in [0.1, 0.15) is 26.2 Å². The first-order valence-electron chi connectivity index (χ1n) is 6.11. The van der Waals surface area contributed by atoms with E-state index in [2.05, 4.69) is 0 Å². The number of primary amides is 1. The van der Waals surface area contributed by atoms with Gasteiger partial charge in [-0.25, -0.2) is 4.79 Å². The molecule has 0 radical (unpaired) electrons. The van der Waals surface area contributed by atoms with Gasteiger partial charge < -0.3 is 10.6 Å². The van der Waals surface area contributed by atoms with Gasteiger partial charge in [0.25, 0.3) is 10.1 Å². The Bertz CT molecular complexity index is 484. The van der Waals surface area contributed by atoms with Crippen molar-refractivity contribution in [2.75, 3.05) is 12.3 Å². The van der Waals surface area contributed by atoms with Crippen molar-refractivity contribution in [3.05, 3.63) is 24.3 Å². The quantitative estimate of drug-likeness (QED) is 0.568. The zero-order valence-corrected chi connectivity index (χ0v) is 11.8. The van der Waals surface area contributed by atoms with Gasteiger partial charge in [0.15, 0.2) is 0 Å². The minimum absolute atomic E-state index is 0.290. The van der Waals surface area contributed by atoms with Crippen LogP contribution < -0.4 is 5.73 Å². The summed E-state index contributed by atoms with van der Waals surface area (Å²) in [6.07, 6.45) is 9.05. The fraction of sp³-hybridized carbons (Fsp3) is 0.583. The van der Waals surface area contributed by atoms with Crippen molar-refractivity contribution in [3.8, 4) is 0 Å². The van der Waals surface area contributed by atoms with Gasteiger partial charge >= 0.3 is 6.03 Å². The molecular weight excluding hydrogens is 268 g/mol. The molecule has 2 amide bonds. The third-order valence-electron chi connectivity index (χ3n) is 3.15. The summed E-state index contributed by atoms with van der Waals surface area (Å²) < 4.78 is 29.8. The van der Waals surface area contributed by atoms with E-state index in [4.69, 9.17) is 10.3 Å². The Morgan fingerprint density at radius 2 is 2.11 bits per heavy atom. The summed E-state index contributed by atoms with van der Waals surface area (Å²) in [5.41, 5.74) is 4.91. The predicted octanol–water partition coefficient (Wildman–Crippen LogP) is 1.31. The number of amides is 2. The average Bonchev–Trinajstić information content (AvgIpc) is 2.27. The highest BCUT2D eigenvalue weighted by atomic mass is 32.2. The maximum Gasteiger partial charge on any atom is 0.315 e. The van der Waals surface area contributed by atoms with Gasteiger partial charge in [-0.2, -0.15) is 8.42 Å². The van der Waals surface area contributed by atoms with Crippen molar-refractivity contribution in [1.82, 2.24) is 4.90 Å². The van der Waals surface area contributed by atoms with Crippen LogP contribution in [0.2, 0.25) is 0 Å². The Balaban J connectivity index is 2.57. The molecule has 3 N–H and O–H groups in total. The second-order valence-corrected chi connectivity index (χ2v) is 6.40. The van der Waals surface area contributed by atoms with E-state index in [1.54, 1.807) is 0 Å². The zero-order valence-electron chi connectivity index (χ0n) is 10.9. The van der Waals surface area contributed by atoms with Crippen LogP contribution in [0.25, 0.3) is 0 Å². The fourth-order valence-electron chi connectivity index (χ4n) is 2.09. The summed E-state index contributed by atoms with van der Waals surface area (Å²) >= 11 is 0. The number of nitrogens with zero attached hydrogens (tertiary/aromatic N) is 1. The maximum atomic E-state index is 11.5. The molecule has 1 aliphatic carbocycles. The maximum absolute atomic E-state index is 11.5. The third kappa shape index (κ3) is 5.04. The highest BCUT2D eigenvalue weighted by molar-refractivity contribution is 7.85. The van der Waals surface area contributed by atoms with Crippen LogP contribution in [0.4, 0.5) is 4.79 Å². The largest absolute Gasteiger partial charge is 0.351 e. The van der Waals surface area contributed by atoms with Crippen LogP contribution in [0, 0.1) is 0 Å². The van der Waals surface area contributed by atoms with Crippen molar-refractivity contribution in [2.24, 2.45) is 5.73 Å². The number of nitrogens with two attached hydrogens (primary N) is 1. The minimum Gasteiger partial charge on any atom is -0.351 e. The molecular formula is C12H20N2O4S. The van der Waals surface area contributed by atoms with Gasteiger partial charge in [0.05, 0.1) is 11.3 Å². The number of allylic oxidation sites excluding steroid dienone is 2. The van der Waals surface area contributed by atoms with E-state index < -0.39 is 21.7 Å². The monoisotopic (exact) mass is 288 g/mol. The van der Waals surface area contributed by atoms with Crippen molar-refractivity contribution < 1.29 is 17.8 Å². The Morgan fingerprint density at radius 1 is 1.42 bits per heavy atom. The molecule has 0 aromatic heterocycles. The zero-order chi connectivity index (χ0) is 14.5. The average molecular weight is 288 g/mol. The lowest BCUT2D eigenvalue weighted by Crippen LogP contribution is -2.51. The summed E-state index contributed by atoms with van der Waals surface area (Å²) in [5, 5.41) is 0. The van der Waals surface area contributed by atoms with E-state index in [1.807, 2.05) is 31.2 Å². The Labute approximate surface area is 113 Å². The van der Waals surface area contributed by atoms with Crippen molar-refractivity contribution in [3.63, 3.8) is 0 Å². The smallest absolute Gasteiger partial charge is 0.315 e. The molecule has 1 aliphatic rings. The van der Waals surface area contributed by atoms with Crippen molar-refractivity contribution >= 4 is 16.1 Å². The summed E-state index contributed by atoms with van der Waals surface area (Å²) in [6, 6.07) is -0.533. The van der Waals surface area contributed by atoms with Gasteiger partial charge in [-0.1, -0.05) is 24.3 Å². The fourth-order valence-corrected chi connectivity index (χ4v) is 2.66. The highest BCUT2D eigenvalue weighted by Crippen LogP contribution is 2.25. The SMILES string of the molecule is CC1(N(CCCCS(=O)(=O)O)C(N)=O)C=CC=CC1. The van der Waals surface area contributed by atoms with Gasteiger partial charge in [-0.15, -0.1) is 0 Å². The molecule has 0 aromatic rings. The highest BCUT2D eigenvalue weighted by Gasteiger charge is 2.31. The lowest BCUT2D eigenvalue weighted by atomic mass is 9.91.